The number of carboxylic acid groups (broad SMARTS) is 5. The topological polar surface area (TPSA) is 330 Å². The van der Waals surface area contributed by atoms with E-state index in [9.17, 15) is 58.8 Å². The Morgan fingerprint density at radius 2 is 1.09 bits per heavy atom. The molecule has 3 amide bonds. The third kappa shape index (κ3) is 22.9. The second kappa shape index (κ2) is 26.3. The van der Waals surface area contributed by atoms with Gasteiger partial charge in [-0.3, -0.25) is 48.3 Å². The number of hydrogen-bond donors (Lipinski definition) is 10. The standard InChI is InChI=1S/C31H47N7O14.In.3H/c32-14-24(40)34-23(13-20-4-6-21(39)7-5-20)30(50)35-22(31(51)52)3-1-2-8-33-25(41)15-37(17-27(44)45)11-9-36(16-26(42)43)10-12-38(18-28(46)47)19-29(48)49;;;;/h4-7,22-23,39H,1-3,8-19,32H2,(H,33,41)(H,34,40)(H,35,50)(H,42,43)(H,44,45)(H,46,47)(H,48,49)(H,51,52);;;;/t22-,23-;;;;/m0..../s1. The first-order chi connectivity index (χ1) is 24.5. The van der Waals surface area contributed by atoms with Crippen molar-refractivity contribution in [3.05, 3.63) is 29.8 Å². The molecule has 0 spiro atoms. The number of nitrogens with one attached hydrogen (secondary N) is 3. The van der Waals surface area contributed by atoms with E-state index in [1.54, 1.807) is 0 Å². The van der Waals surface area contributed by atoms with Crippen molar-refractivity contribution in [1.29, 1.82) is 0 Å². The van der Waals surface area contributed by atoms with Crippen LogP contribution in [0.2, 0.25) is 0 Å². The molecule has 0 aliphatic carbocycles. The van der Waals surface area contributed by atoms with Gasteiger partial charge in [0.2, 0.25) is 17.7 Å². The Hall–Kier alpha value is -4.51. The van der Waals surface area contributed by atoms with Crippen molar-refractivity contribution in [2.24, 2.45) is 5.73 Å². The van der Waals surface area contributed by atoms with Crippen molar-refractivity contribution in [2.75, 3.05) is 72.0 Å². The zero-order valence-electron chi connectivity index (χ0n) is 28.4. The number of carbonyl (C=O) groups excluding carboxylic acids is 3. The van der Waals surface area contributed by atoms with Gasteiger partial charge in [0.1, 0.15) is 17.8 Å². The fourth-order valence-electron chi connectivity index (χ4n) is 4.85. The monoisotopic (exact) mass is 859 g/mol. The number of hydrogen-bond acceptors (Lipinski definition) is 13. The zero-order chi connectivity index (χ0) is 39.2. The average Bonchev–Trinajstić information content (AvgIpc) is 3.04. The minimum absolute atomic E-state index is 0. The van der Waals surface area contributed by atoms with Crippen LogP contribution in [-0.4, -0.2) is 203 Å². The summed E-state index contributed by atoms with van der Waals surface area (Å²) < 4.78 is 0. The van der Waals surface area contributed by atoms with E-state index < -0.39 is 92.4 Å². The van der Waals surface area contributed by atoms with Crippen molar-refractivity contribution < 1.29 is 69.0 Å². The Kier molecular flexibility index (Phi) is 24.0. The fourth-order valence-corrected chi connectivity index (χ4v) is 4.85. The van der Waals surface area contributed by atoms with E-state index in [1.807, 2.05) is 0 Å². The van der Waals surface area contributed by atoms with E-state index in [0.29, 0.717) is 5.56 Å². The third-order valence-electron chi connectivity index (χ3n) is 7.34. The van der Waals surface area contributed by atoms with Crippen molar-refractivity contribution in [1.82, 2.24) is 30.7 Å². The second-order valence-electron chi connectivity index (χ2n) is 11.7. The molecular formula is C31H50InN7O14. The van der Waals surface area contributed by atoms with Gasteiger partial charge in [-0.1, -0.05) is 12.1 Å². The first-order valence-corrected chi connectivity index (χ1v) is 16.1. The van der Waals surface area contributed by atoms with E-state index in [0.717, 1.165) is 4.90 Å². The predicted molar refractivity (Wildman–Crippen MR) is 189 cm³/mol. The summed E-state index contributed by atoms with van der Waals surface area (Å²) in [6, 6.07) is 3.37. The van der Waals surface area contributed by atoms with E-state index in [1.165, 1.54) is 34.1 Å². The third-order valence-corrected chi connectivity index (χ3v) is 7.34. The molecule has 21 nitrogen and oxygen atoms in total. The number of phenolic OH excluding ortho intramolecular Hbond substituents is 1. The van der Waals surface area contributed by atoms with Crippen LogP contribution in [0, 0.1) is 0 Å². The van der Waals surface area contributed by atoms with Gasteiger partial charge in [0.15, 0.2) is 0 Å². The molecule has 0 bridgehead atoms. The number of nitrogens with zero attached hydrogens (tertiary/aromatic N) is 3. The van der Waals surface area contributed by atoms with Crippen molar-refractivity contribution in [3.8, 4) is 5.75 Å². The summed E-state index contributed by atoms with van der Waals surface area (Å²) in [7, 11) is 0. The van der Waals surface area contributed by atoms with Crippen LogP contribution in [0.1, 0.15) is 24.8 Å². The van der Waals surface area contributed by atoms with Gasteiger partial charge in [0, 0.05) is 39.1 Å². The minimum atomic E-state index is -1.33. The van der Waals surface area contributed by atoms with Crippen molar-refractivity contribution in [3.63, 3.8) is 0 Å². The average molecular weight is 860 g/mol. The Morgan fingerprint density at radius 1 is 0.623 bits per heavy atom. The normalized spacial score (nSPS) is 12.0. The molecule has 22 heteroatoms. The van der Waals surface area contributed by atoms with Gasteiger partial charge in [-0.25, -0.2) is 4.79 Å². The van der Waals surface area contributed by atoms with Gasteiger partial charge in [-0.15, -0.1) is 0 Å². The van der Waals surface area contributed by atoms with Crippen LogP contribution in [0.3, 0.4) is 0 Å². The number of carbonyl (C=O) groups is 8. The molecule has 296 valence electrons. The summed E-state index contributed by atoms with van der Waals surface area (Å²) >= 11 is 0. The molecule has 0 saturated carbocycles. The number of aromatic hydroxyl groups is 1. The molecule has 2 atom stereocenters. The van der Waals surface area contributed by atoms with Gasteiger partial charge < -0.3 is 52.3 Å². The maximum atomic E-state index is 13.0. The first kappa shape index (κ1) is 48.5. The molecule has 1 aromatic carbocycles. The molecule has 0 saturated heterocycles. The summed E-state index contributed by atoms with van der Waals surface area (Å²) in [5.41, 5.74) is 5.93. The number of phenols is 1. The van der Waals surface area contributed by atoms with Crippen LogP contribution in [-0.2, 0) is 44.8 Å². The van der Waals surface area contributed by atoms with Crippen LogP contribution in [0.15, 0.2) is 24.3 Å². The maximum absolute atomic E-state index is 13.0. The number of amides is 3. The molecule has 0 radical (unpaired) electrons. The number of carboxylic acids is 5. The number of rotatable bonds is 28. The second-order valence-corrected chi connectivity index (χ2v) is 11.7. The van der Waals surface area contributed by atoms with Gasteiger partial charge in [-0.05, 0) is 37.0 Å². The number of nitrogens with two attached hydrogens (primary N) is 1. The first-order valence-electron chi connectivity index (χ1n) is 16.1. The summed E-state index contributed by atoms with van der Waals surface area (Å²) in [6.45, 7) is -3.29. The van der Waals surface area contributed by atoms with Crippen molar-refractivity contribution >= 4 is 73.4 Å². The Morgan fingerprint density at radius 3 is 1.57 bits per heavy atom. The van der Waals surface area contributed by atoms with E-state index in [4.69, 9.17) is 15.9 Å². The van der Waals surface area contributed by atoms with Gasteiger partial charge in [-0.2, -0.15) is 0 Å². The molecule has 0 heterocycles. The Labute approximate surface area is 323 Å². The van der Waals surface area contributed by atoms with E-state index >= 15 is 0 Å². The van der Waals surface area contributed by atoms with E-state index in [-0.39, 0.29) is 96.5 Å². The Balaban J connectivity index is 0.0000270. The molecule has 1 rings (SSSR count). The van der Waals surface area contributed by atoms with Crippen LogP contribution in [0.5, 0.6) is 5.75 Å². The summed E-state index contributed by atoms with van der Waals surface area (Å²) in [5.74, 6) is -8.37. The van der Waals surface area contributed by atoms with Crippen LogP contribution in [0.25, 0.3) is 0 Å². The van der Waals surface area contributed by atoms with Crippen LogP contribution >= 0.6 is 0 Å². The summed E-state index contributed by atoms with van der Waals surface area (Å²) in [4.78, 5) is 98.0. The van der Waals surface area contributed by atoms with Crippen LogP contribution in [0.4, 0.5) is 0 Å². The fraction of sp³-hybridized carbons (Fsp3) is 0.548. The number of aliphatic carboxylic acids is 5. The van der Waals surface area contributed by atoms with E-state index in [2.05, 4.69) is 16.0 Å². The SMILES string of the molecule is NCC(=O)N[C@@H](Cc1ccc(O)cc1)C(=O)N[C@@H](CCCCNC(=O)CN(CCN(CCN(CC(=O)O)CC(=O)O)CC(=O)O)CC(=O)O)C(=O)O.[InH3]. The number of unbranched alkanes of at least 4 members (excludes halogenated alkanes) is 1. The summed E-state index contributed by atoms with van der Waals surface area (Å²) in [6.07, 6.45) is 0.472. The molecule has 0 fully saturated rings. The molecular weight excluding hydrogens is 809 g/mol. The Bertz CT molecular complexity index is 1370. The molecule has 0 aliphatic heterocycles. The molecule has 1 aromatic rings. The van der Waals surface area contributed by atoms with Gasteiger partial charge in [0.25, 0.3) is 0 Å². The quantitative estimate of drug-likeness (QED) is 0.0354. The predicted octanol–water partition coefficient (Wildman–Crippen LogP) is -4.71. The van der Waals surface area contributed by atoms with Crippen molar-refractivity contribution in [2.45, 2.75) is 37.8 Å². The molecule has 11 N–H and O–H groups in total. The molecule has 0 aromatic heterocycles. The summed E-state index contributed by atoms with van der Waals surface area (Å²) in [5, 5.41) is 63.2. The van der Waals surface area contributed by atoms with Crippen LogP contribution < -0.4 is 21.7 Å². The zero-order valence-corrected chi connectivity index (χ0v) is 28.4. The van der Waals surface area contributed by atoms with Gasteiger partial charge in [0.05, 0.1) is 39.3 Å². The molecule has 53 heavy (non-hydrogen) atoms. The molecule has 0 aliphatic rings. The molecule has 0 unspecified atom stereocenters. The van der Waals surface area contributed by atoms with Gasteiger partial charge >= 0.3 is 55.7 Å². The number of benzene rings is 1.